The van der Waals surface area contributed by atoms with Crippen molar-refractivity contribution in [1.29, 1.82) is 0 Å². The Hall–Kier alpha value is -2.73. The predicted molar refractivity (Wildman–Crippen MR) is 117 cm³/mol. The Morgan fingerprint density at radius 1 is 1.00 bits per heavy atom. The van der Waals surface area contributed by atoms with Gasteiger partial charge in [0.05, 0.1) is 21.7 Å². The minimum absolute atomic E-state index is 0.119. The number of hydrogen-bond donors (Lipinski definition) is 2. The average Bonchev–Trinajstić information content (AvgIpc) is 3.31. The van der Waals surface area contributed by atoms with Crippen LogP contribution in [0.15, 0.2) is 47.8 Å². The van der Waals surface area contributed by atoms with E-state index in [0.717, 1.165) is 47.2 Å². The molecule has 150 valence electrons. The molecule has 2 amide bonds. The lowest BCUT2D eigenvalue weighted by Gasteiger charge is -2.20. The van der Waals surface area contributed by atoms with E-state index in [1.54, 1.807) is 11.3 Å². The molecule has 1 aromatic carbocycles. The van der Waals surface area contributed by atoms with Gasteiger partial charge in [-0.1, -0.05) is 43.5 Å². The molecule has 2 aromatic heterocycles. The lowest BCUT2D eigenvalue weighted by molar-refractivity contribution is -0.125. The molecular formula is C23H25N3O2S. The highest BCUT2D eigenvalue weighted by molar-refractivity contribution is 7.13. The van der Waals surface area contributed by atoms with E-state index >= 15 is 0 Å². The summed E-state index contributed by atoms with van der Waals surface area (Å²) in [5, 5.41) is 8.74. The molecule has 0 bridgehead atoms. The van der Waals surface area contributed by atoms with Gasteiger partial charge in [0.25, 0.3) is 5.91 Å². The molecule has 4 rings (SSSR count). The summed E-state index contributed by atoms with van der Waals surface area (Å²) in [6.07, 6.45) is 5.46. The first kappa shape index (κ1) is 19.6. The smallest absolute Gasteiger partial charge is 0.252 e. The fourth-order valence-corrected chi connectivity index (χ4v) is 4.57. The molecule has 0 saturated heterocycles. The van der Waals surface area contributed by atoms with Crippen LogP contribution in [0.5, 0.6) is 0 Å². The number of carbonyl (C=O) groups excluding carboxylic acids is 2. The first-order valence-electron chi connectivity index (χ1n) is 10.2. The number of aromatic nitrogens is 1. The second kappa shape index (κ2) is 9.18. The fraction of sp³-hybridized carbons (Fsp3) is 0.348. The van der Waals surface area contributed by atoms with E-state index < -0.39 is 0 Å². The van der Waals surface area contributed by atoms with E-state index in [-0.39, 0.29) is 17.7 Å². The molecule has 1 aliphatic carbocycles. The highest BCUT2D eigenvalue weighted by Gasteiger charge is 2.20. The van der Waals surface area contributed by atoms with Crippen molar-refractivity contribution in [1.82, 2.24) is 15.6 Å². The molecule has 0 atom stereocenters. The molecule has 1 aliphatic rings. The van der Waals surface area contributed by atoms with Gasteiger partial charge in [-0.05, 0) is 36.4 Å². The largest absolute Gasteiger partial charge is 0.354 e. The normalized spacial score (nSPS) is 14.6. The number of nitrogens with zero attached hydrogens (tertiary/aromatic N) is 1. The Morgan fingerprint density at radius 3 is 2.59 bits per heavy atom. The summed E-state index contributed by atoms with van der Waals surface area (Å²) in [6.45, 7) is 0.851. The summed E-state index contributed by atoms with van der Waals surface area (Å²) < 4.78 is 0. The maximum absolute atomic E-state index is 12.9. The number of fused-ring (bicyclic) bond motifs is 1. The molecule has 2 heterocycles. The van der Waals surface area contributed by atoms with Crippen molar-refractivity contribution in [2.45, 2.75) is 32.1 Å². The molecule has 0 radical (unpaired) electrons. The number of benzene rings is 1. The number of pyridine rings is 1. The fourth-order valence-electron chi connectivity index (χ4n) is 3.88. The van der Waals surface area contributed by atoms with E-state index in [1.807, 2.05) is 47.8 Å². The summed E-state index contributed by atoms with van der Waals surface area (Å²) >= 11 is 1.60. The van der Waals surface area contributed by atoms with Crippen molar-refractivity contribution < 1.29 is 9.59 Å². The molecule has 1 saturated carbocycles. The zero-order valence-electron chi connectivity index (χ0n) is 16.3. The molecule has 3 aromatic rings. The molecule has 2 N–H and O–H groups in total. The molecule has 0 aliphatic heterocycles. The van der Waals surface area contributed by atoms with Gasteiger partial charge in [0.2, 0.25) is 5.91 Å². The Bertz CT molecular complexity index is 995. The molecule has 1 fully saturated rings. The van der Waals surface area contributed by atoms with Crippen LogP contribution in [0.2, 0.25) is 0 Å². The van der Waals surface area contributed by atoms with Crippen LogP contribution in [0, 0.1) is 5.92 Å². The van der Waals surface area contributed by atoms with Gasteiger partial charge in [0.1, 0.15) is 0 Å². The Morgan fingerprint density at radius 2 is 1.79 bits per heavy atom. The topological polar surface area (TPSA) is 71.1 Å². The van der Waals surface area contributed by atoms with Crippen molar-refractivity contribution in [2.24, 2.45) is 5.92 Å². The van der Waals surface area contributed by atoms with Gasteiger partial charge >= 0.3 is 0 Å². The van der Waals surface area contributed by atoms with Crippen molar-refractivity contribution >= 4 is 34.1 Å². The lowest BCUT2D eigenvalue weighted by Crippen LogP contribution is -2.38. The maximum atomic E-state index is 12.9. The Balaban J connectivity index is 1.42. The SMILES string of the molecule is O=C(NCCNC(=O)C1CCCCC1)c1cc(-c2cccs2)nc2ccccc12. The second-order valence-corrected chi connectivity index (χ2v) is 8.38. The summed E-state index contributed by atoms with van der Waals surface area (Å²) in [5.41, 5.74) is 2.21. The van der Waals surface area contributed by atoms with Crippen LogP contribution in [0.4, 0.5) is 0 Å². The number of para-hydroxylation sites is 1. The standard InChI is InChI=1S/C23H25N3O2S/c27-22(16-7-2-1-3-8-16)24-12-13-25-23(28)18-15-20(21-11-6-14-29-21)26-19-10-5-4-9-17(18)19/h4-6,9-11,14-16H,1-3,7-8,12-13H2,(H,24,27)(H,25,28). The highest BCUT2D eigenvalue weighted by atomic mass is 32.1. The zero-order chi connectivity index (χ0) is 20.1. The number of hydrogen-bond acceptors (Lipinski definition) is 4. The van der Waals surface area contributed by atoms with Crippen LogP contribution in [-0.4, -0.2) is 29.9 Å². The highest BCUT2D eigenvalue weighted by Crippen LogP contribution is 2.28. The molecule has 6 heteroatoms. The van der Waals surface area contributed by atoms with Crippen molar-refractivity contribution in [3.63, 3.8) is 0 Å². The maximum Gasteiger partial charge on any atom is 0.252 e. The summed E-state index contributed by atoms with van der Waals surface area (Å²) in [6, 6.07) is 13.5. The molecular weight excluding hydrogens is 382 g/mol. The van der Waals surface area contributed by atoms with Gasteiger partial charge in [-0.2, -0.15) is 0 Å². The third-order valence-electron chi connectivity index (χ3n) is 5.42. The summed E-state index contributed by atoms with van der Waals surface area (Å²) in [4.78, 5) is 30.8. The number of thiophene rings is 1. The van der Waals surface area contributed by atoms with Gasteiger partial charge in [-0.15, -0.1) is 11.3 Å². The lowest BCUT2D eigenvalue weighted by atomic mass is 9.89. The summed E-state index contributed by atoms with van der Waals surface area (Å²) in [7, 11) is 0. The van der Waals surface area contributed by atoms with E-state index in [9.17, 15) is 9.59 Å². The first-order chi connectivity index (χ1) is 14.2. The Kier molecular flexibility index (Phi) is 6.20. The van der Waals surface area contributed by atoms with Gasteiger partial charge in [-0.3, -0.25) is 9.59 Å². The molecule has 29 heavy (non-hydrogen) atoms. The van der Waals surface area contributed by atoms with Gasteiger partial charge in [-0.25, -0.2) is 4.98 Å². The third-order valence-corrected chi connectivity index (χ3v) is 6.31. The van der Waals surface area contributed by atoms with Crippen molar-refractivity contribution in [3.8, 4) is 10.6 Å². The van der Waals surface area contributed by atoms with Gasteiger partial charge in [0.15, 0.2) is 0 Å². The third kappa shape index (κ3) is 4.65. The number of rotatable bonds is 6. The van der Waals surface area contributed by atoms with Crippen LogP contribution >= 0.6 is 11.3 Å². The average molecular weight is 408 g/mol. The number of amides is 2. The van der Waals surface area contributed by atoms with Crippen molar-refractivity contribution in [2.75, 3.05) is 13.1 Å². The van der Waals surface area contributed by atoms with Crippen LogP contribution in [0.3, 0.4) is 0 Å². The van der Waals surface area contributed by atoms with Gasteiger partial charge in [0, 0.05) is 24.4 Å². The van der Waals surface area contributed by atoms with E-state index in [1.165, 1.54) is 6.42 Å². The minimum Gasteiger partial charge on any atom is -0.354 e. The van der Waals surface area contributed by atoms with Gasteiger partial charge < -0.3 is 10.6 Å². The predicted octanol–water partition coefficient (Wildman–Crippen LogP) is 4.39. The monoisotopic (exact) mass is 407 g/mol. The van der Waals surface area contributed by atoms with E-state index in [2.05, 4.69) is 10.6 Å². The first-order valence-corrected chi connectivity index (χ1v) is 11.1. The second-order valence-electron chi connectivity index (χ2n) is 7.43. The number of nitrogens with one attached hydrogen (secondary N) is 2. The molecule has 5 nitrogen and oxygen atoms in total. The molecule has 0 unspecified atom stereocenters. The Labute approximate surface area is 174 Å². The summed E-state index contributed by atoms with van der Waals surface area (Å²) in [5.74, 6) is 0.110. The number of carbonyl (C=O) groups is 2. The van der Waals surface area contributed by atoms with Crippen LogP contribution in [0.25, 0.3) is 21.5 Å². The van der Waals surface area contributed by atoms with E-state index in [4.69, 9.17) is 4.98 Å². The van der Waals surface area contributed by atoms with Crippen LogP contribution in [-0.2, 0) is 4.79 Å². The molecule has 0 spiro atoms. The minimum atomic E-state index is -0.145. The van der Waals surface area contributed by atoms with E-state index in [0.29, 0.717) is 18.7 Å². The van der Waals surface area contributed by atoms with Crippen LogP contribution < -0.4 is 10.6 Å². The van der Waals surface area contributed by atoms with Crippen molar-refractivity contribution in [3.05, 3.63) is 53.4 Å². The zero-order valence-corrected chi connectivity index (χ0v) is 17.1. The van der Waals surface area contributed by atoms with Crippen LogP contribution in [0.1, 0.15) is 42.5 Å². The quantitative estimate of drug-likeness (QED) is 0.596.